The topological polar surface area (TPSA) is 73.3 Å². The minimum atomic E-state index is -3.70. The fraction of sp³-hybridized carbons (Fsp3) is 0.471. The second-order valence-corrected chi connectivity index (χ2v) is 10.1. The summed E-state index contributed by atoms with van der Waals surface area (Å²) in [6.45, 7) is 7.54. The Bertz CT molecular complexity index is 786. The number of hydrogen-bond donors (Lipinski definition) is 0. The number of hydrogen-bond acceptors (Lipinski definition) is 4. The lowest BCUT2D eigenvalue weighted by molar-refractivity contribution is 0.569. The van der Waals surface area contributed by atoms with Crippen LogP contribution in [-0.4, -0.2) is 29.5 Å². The van der Waals surface area contributed by atoms with Gasteiger partial charge in [-0.3, -0.25) is 4.98 Å². The molecule has 0 radical (unpaired) electrons. The van der Waals surface area contributed by atoms with Crippen molar-refractivity contribution in [3.05, 3.63) is 36.7 Å². The Labute approximate surface area is 147 Å². The van der Waals surface area contributed by atoms with Gasteiger partial charge in [0.1, 0.15) is 11.4 Å². The Morgan fingerprint density at radius 2 is 1.88 bits per heavy atom. The van der Waals surface area contributed by atoms with E-state index in [-0.39, 0.29) is 17.6 Å². The Hall–Kier alpha value is -1.31. The van der Waals surface area contributed by atoms with Crippen LogP contribution in [0.4, 0.5) is 5.69 Å². The van der Waals surface area contributed by atoms with Crippen LogP contribution in [0.25, 0.3) is 10.8 Å². The van der Waals surface area contributed by atoms with Crippen LogP contribution < -0.4 is 3.71 Å². The van der Waals surface area contributed by atoms with Gasteiger partial charge in [-0.1, -0.05) is 43.5 Å². The highest BCUT2D eigenvalue weighted by molar-refractivity contribution is 8.10. The molecule has 1 atom stereocenters. The van der Waals surface area contributed by atoms with Crippen molar-refractivity contribution < 1.29 is 13.0 Å². The van der Waals surface area contributed by atoms with Gasteiger partial charge in [-0.25, -0.2) is 8.42 Å². The van der Waals surface area contributed by atoms with Crippen molar-refractivity contribution in [2.24, 2.45) is 11.8 Å². The van der Waals surface area contributed by atoms with E-state index in [1.54, 1.807) is 30.6 Å². The molecule has 2 rings (SSSR count). The molecule has 0 aliphatic rings. The van der Waals surface area contributed by atoms with Gasteiger partial charge in [0.25, 0.3) is 10.0 Å². The summed E-state index contributed by atoms with van der Waals surface area (Å²) in [5, 5.41) is 1.55. The molecule has 132 valence electrons. The van der Waals surface area contributed by atoms with Crippen molar-refractivity contribution in [2.75, 3.05) is 15.2 Å². The molecule has 2 aromatic rings. The van der Waals surface area contributed by atoms with Crippen molar-refractivity contribution in [3.63, 3.8) is 0 Å². The number of sulfonamides is 1. The smallest absolute Gasteiger partial charge is 0.273 e. The fourth-order valence-electron chi connectivity index (χ4n) is 2.49. The number of benzene rings is 1. The van der Waals surface area contributed by atoms with Gasteiger partial charge in [-0.2, -0.15) is 0 Å². The van der Waals surface area contributed by atoms with E-state index >= 15 is 0 Å². The number of nitrogens with zero attached hydrogens (tertiary/aromatic N) is 2. The fourth-order valence-corrected chi connectivity index (χ4v) is 6.39. The van der Waals surface area contributed by atoms with Crippen LogP contribution in [0.5, 0.6) is 0 Å². The van der Waals surface area contributed by atoms with E-state index in [4.69, 9.17) is 0 Å². The number of fused-ring (bicyclic) bond motifs is 1. The molecule has 0 amide bonds. The van der Waals surface area contributed by atoms with Crippen molar-refractivity contribution >= 4 is 37.8 Å². The predicted octanol–water partition coefficient (Wildman–Crippen LogP) is 3.35. The van der Waals surface area contributed by atoms with Crippen molar-refractivity contribution in [3.8, 4) is 0 Å². The molecule has 1 aromatic carbocycles. The van der Waals surface area contributed by atoms with Gasteiger partial charge in [0.05, 0.1) is 17.1 Å². The molecule has 0 aliphatic heterocycles. The first-order chi connectivity index (χ1) is 11.2. The van der Waals surface area contributed by atoms with Crippen LogP contribution in [0.15, 0.2) is 36.7 Å². The minimum Gasteiger partial charge on any atom is -0.592 e. The van der Waals surface area contributed by atoms with Crippen LogP contribution in [0.3, 0.4) is 0 Å². The maximum Gasteiger partial charge on any atom is 0.273 e. The second kappa shape index (κ2) is 7.72. The van der Waals surface area contributed by atoms with Crippen molar-refractivity contribution in [1.82, 2.24) is 4.98 Å². The zero-order valence-corrected chi connectivity index (χ0v) is 16.1. The Kier molecular flexibility index (Phi) is 6.11. The van der Waals surface area contributed by atoms with E-state index in [0.717, 1.165) is 14.5 Å². The van der Waals surface area contributed by atoms with Gasteiger partial charge in [-0.05, 0) is 18.1 Å². The Balaban J connectivity index is 2.60. The highest BCUT2D eigenvalue weighted by Gasteiger charge is 2.35. The van der Waals surface area contributed by atoms with Crippen LogP contribution in [0.2, 0.25) is 0 Å². The lowest BCUT2D eigenvalue weighted by atomic mass is 10.1. The third kappa shape index (κ3) is 4.40. The molecular weight excluding hydrogens is 344 g/mol. The number of anilines is 1. The summed E-state index contributed by atoms with van der Waals surface area (Å²) in [5.74, 6) is 0.321. The highest BCUT2D eigenvalue weighted by Crippen LogP contribution is 2.32. The molecule has 0 saturated carbocycles. The molecule has 0 aliphatic carbocycles. The van der Waals surface area contributed by atoms with Crippen LogP contribution in [0.1, 0.15) is 27.7 Å². The largest absolute Gasteiger partial charge is 0.592 e. The Morgan fingerprint density at radius 1 is 1.17 bits per heavy atom. The minimum absolute atomic E-state index is 0.0433. The molecule has 1 heterocycles. The molecule has 0 spiro atoms. The van der Waals surface area contributed by atoms with Crippen molar-refractivity contribution in [1.29, 1.82) is 0 Å². The molecule has 5 nitrogen and oxygen atoms in total. The summed E-state index contributed by atoms with van der Waals surface area (Å²) in [6, 6.07) is 7.10. The predicted molar refractivity (Wildman–Crippen MR) is 101 cm³/mol. The average Bonchev–Trinajstić information content (AvgIpc) is 2.45. The first-order valence-electron chi connectivity index (χ1n) is 7.96. The lowest BCUT2D eigenvalue weighted by Gasteiger charge is -2.27. The summed E-state index contributed by atoms with van der Waals surface area (Å²) in [5.41, 5.74) is 0.453. The van der Waals surface area contributed by atoms with Crippen LogP contribution in [-0.2, 0) is 21.4 Å². The van der Waals surface area contributed by atoms with Crippen molar-refractivity contribution in [2.45, 2.75) is 27.7 Å². The van der Waals surface area contributed by atoms with Crippen LogP contribution >= 0.6 is 0 Å². The van der Waals surface area contributed by atoms with E-state index in [1.165, 1.54) is 0 Å². The standard InChI is InChI=1S/C17H24N2O3S2/c1-13(2)11-23(20)19(24(21,22)12-14(3)4)17-7-5-6-15-10-18-9-8-16(15)17/h5-10,13-14H,11-12H2,1-4H3. The molecule has 0 fully saturated rings. The summed E-state index contributed by atoms with van der Waals surface area (Å²) >= 11 is -1.66. The van der Waals surface area contributed by atoms with E-state index in [0.29, 0.717) is 11.4 Å². The summed E-state index contributed by atoms with van der Waals surface area (Å²) in [6.07, 6.45) is 3.29. The zero-order chi connectivity index (χ0) is 17.9. The van der Waals surface area contributed by atoms with E-state index in [2.05, 4.69) is 4.98 Å². The third-order valence-electron chi connectivity index (χ3n) is 3.31. The van der Waals surface area contributed by atoms with Gasteiger partial charge in [0.2, 0.25) is 0 Å². The lowest BCUT2D eigenvalue weighted by Crippen LogP contribution is -2.41. The van der Waals surface area contributed by atoms with Gasteiger partial charge in [0.15, 0.2) is 0 Å². The van der Waals surface area contributed by atoms with E-state index in [1.807, 2.05) is 33.8 Å². The third-order valence-corrected chi connectivity index (χ3v) is 7.80. The number of aromatic nitrogens is 1. The summed E-state index contributed by atoms with van der Waals surface area (Å²) < 4.78 is 39.8. The van der Waals surface area contributed by atoms with Gasteiger partial charge < -0.3 is 4.55 Å². The first-order valence-corrected chi connectivity index (χ1v) is 10.8. The normalized spacial score (nSPS) is 13.6. The molecule has 0 saturated heterocycles. The second-order valence-electron chi connectivity index (χ2n) is 6.66. The van der Waals surface area contributed by atoms with Gasteiger partial charge >= 0.3 is 0 Å². The van der Waals surface area contributed by atoms with Crippen LogP contribution in [0, 0.1) is 11.8 Å². The zero-order valence-electron chi connectivity index (χ0n) is 14.5. The molecule has 1 unspecified atom stereocenters. The number of pyridine rings is 1. The monoisotopic (exact) mass is 368 g/mol. The quantitative estimate of drug-likeness (QED) is 0.703. The first kappa shape index (κ1) is 19.0. The molecular formula is C17H24N2O3S2. The Morgan fingerprint density at radius 3 is 2.50 bits per heavy atom. The number of rotatable bonds is 7. The summed E-state index contributed by atoms with van der Waals surface area (Å²) in [7, 11) is -3.70. The average molecular weight is 369 g/mol. The van der Waals surface area contributed by atoms with E-state index in [9.17, 15) is 13.0 Å². The molecule has 0 bridgehead atoms. The summed E-state index contributed by atoms with van der Waals surface area (Å²) in [4.78, 5) is 4.07. The SMILES string of the molecule is CC(C)C[S+]([O-])N(c1cccc2cnccc12)S(=O)(=O)CC(C)C. The van der Waals surface area contributed by atoms with E-state index < -0.39 is 21.4 Å². The van der Waals surface area contributed by atoms with Gasteiger partial charge in [-0.15, -0.1) is 0 Å². The highest BCUT2D eigenvalue weighted by atomic mass is 32.3. The van der Waals surface area contributed by atoms with Gasteiger partial charge in [0, 0.05) is 29.1 Å². The molecule has 0 N–H and O–H groups in total. The maximum absolute atomic E-state index is 12.9. The maximum atomic E-state index is 12.9. The molecule has 24 heavy (non-hydrogen) atoms. The molecule has 7 heteroatoms. The molecule has 1 aromatic heterocycles.